The normalized spacial score (nSPS) is 11.9. The minimum atomic E-state index is 0.00141. The molecule has 3 nitrogen and oxygen atoms in total. The Hall–Kier alpha value is -1.81. The summed E-state index contributed by atoms with van der Waals surface area (Å²) in [6.45, 7) is 4.04. The first-order chi connectivity index (χ1) is 11.2. The number of thioether (sulfide) groups is 1. The first-order valence-electron chi connectivity index (χ1n) is 8.03. The molecule has 2 aromatic rings. The monoisotopic (exact) mass is 328 g/mol. The molecule has 1 amide bonds. The van der Waals surface area contributed by atoms with Crippen LogP contribution in [0.1, 0.15) is 42.8 Å². The zero-order valence-electron chi connectivity index (χ0n) is 13.8. The largest absolute Gasteiger partial charge is 0.348 e. The van der Waals surface area contributed by atoms with Gasteiger partial charge >= 0.3 is 0 Å². The summed E-state index contributed by atoms with van der Waals surface area (Å²) in [7, 11) is 0. The van der Waals surface area contributed by atoms with Gasteiger partial charge in [-0.15, -0.1) is 0 Å². The summed E-state index contributed by atoms with van der Waals surface area (Å²) in [5.41, 5.74) is 3.22. The van der Waals surface area contributed by atoms with Crippen molar-refractivity contribution in [2.24, 2.45) is 0 Å². The molecule has 0 fully saturated rings. The molecule has 0 bridgehead atoms. The average Bonchev–Trinajstić information content (AvgIpc) is 2.57. The van der Waals surface area contributed by atoms with Crippen molar-refractivity contribution in [1.29, 1.82) is 0 Å². The van der Waals surface area contributed by atoms with E-state index in [2.05, 4.69) is 29.4 Å². The van der Waals surface area contributed by atoms with Gasteiger partial charge in [-0.1, -0.05) is 43.3 Å². The van der Waals surface area contributed by atoms with Crippen molar-refractivity contribution in [3.63, 3.8) is 0 Å². The van der Waals surface area contributed by atoms with Crippen LogP contribution in [0, 0.1) is 6.92 Å². The molecule has 4 heteroatoms. The van der Waals surface area contributed by atoms with Gasteiger partial charge in [-0.05, 0) is 31.0 Å². The van der Waals surface area contributed by atoms with Gasteiger partial charge in [0.05, 0.1) is 11.7 Å². The number of nitrogens with zero attached hydrogens (tertiary/aromatic N) is 1. The number of rotatable bonds is 8. The number of amides is 1. The maximum absolute atomic E-state index is 12.1. The van der Waals surface area contributed by atoms with Gasteiger partial charge in [0.15, 0.2) is 0 Å². The SMILES string of the molecule is CC[C@H](NC(=O)CCSCc1ccccc1)c1cccc(C)n1. The fraction of sp³-hybridized carbons (Fsp3) is 0.368. The molecular formula is C19H24N2OS. The van der Waals surface area contributed by atoms with Crippen molar-refractivity contribution in [1.82, 2.24) is 10.3 Å². The van der Waals surface area contributed by atoms with Crippen LogP contribution in [-0.4, -0.2) is 16.6 Å². The Labute approximate surface area is 142 Å². The Kier molecular flexibility index (Phi) is 7.14. The van der Waals surface area contributed by atoms with Crippen LogP contribution in [0.5, 0.6) is 0 Å². The molecule has 1 N–H and O–H groups in total. The lowest BCUT2D eigenvalue weighted by atomic mass is 10.1. The third-order valence-corrected chi connectivity index (χ3v) is 4.63. The number of hydrogen-bond donors (Lipinski definition) is 1. The molecule has 0 spiro atoms. The van der Waals surface area contributed by atoms with Crippen molar-refractivity contribution >= 4 is 17.7 Å². The average molecular weight is 328 g/mol. The zero-order valence-corrected chi connectivity index (χ0v) is 14.6. The Balaban J connectivity index is 1.75. The van der Waals surface area contributed by atoms with Crippen LogP contribution >= 0.6 is 11.8 Å². The fourth-order valence-corrected chi connectivity index (χ4v) is 3.24. The van der Waals surface area contributed by atoms with Crippen LogP contribution in [0.2, 0.25) is 0 Å². The second kappa shape index (κ2) is 9.36. The third-order valence-electron chi connectivity index (χ3n) is 3.60. The quantitative estimate of drug-likeness (QED) is 0.735. The summed E-state index contributed by atoms with van der Waals surface area (Å²) < 4.78 is 0. The number of hydrogen-bond acceptors (Lipinski definition) is 3. The number of aromatic nitrogens is 1. The molecule has 23 heavy (non-hydrogen) atoms. The van der Waals surface area contributed by atoms with Gasteiger partial charge in [0.25, 0.3) is 0 Å². The van der Waals surface area contributed by atoms with E-state index in [4.69, 9.17) is 0 Å². The van der Waals surface area contributed by atoms with Gasteiger partial charge in [-0.2, -0.15) is 11.8 Å². The Morgan fingerprint density at radius 2 is 1.96 bits per heavy atom. The van der Waals surface area contributed by atoms with Crippen molar-refractivity contribution in [3.8, 4) is 0 Å². The van der Waals surface area contributed by atoms with Crippen molar-refractivity contribution in [2.75, 3.05) is 5.75 Å². The van der Waals surface area contributed by atoms with E-state index in [-0.39, 0.29) is 11.9 Å². The van der Waals surface area contributed by atoms with Crippen LogP contribution in [0.15, 0.2) is 48.5 Å². The molecule has 0 saturated carbocycles. The highest BCUT2D eigenvalue weighted by atomic mass is 32.2. The predicted octanol–water partition coefficient (Wildman–Crippen LogP) is 4.28. The number of carbonyl (C=O) groups excluding carboxylic acids is 1. The molecule has 0 radical (unpaired) electrons. The number of nitrogens with one attached hydrogen (secondary N) is 1. The lowest BCUT2D eigenvalue weighted by Crippen LogP contribution is -2.29. The summed E-state index contributed by atoms with van der Waals surface area (Å²) in [5, 5.41) is 3.09. The van der Waals surface area contributed by atoms with Gasteiger partial charge < -0.3 is 5.32 Å². The standard InChI is InChI=1S/C19H24N2OS/c1-3-17(18-11-7-8-15(2)20-18)21-19(22)12-13-23-14-16-9-5-4-6-10-16/h4-11,17H,3,12-14H2,1-2H3,(H,21,22)/t17-/m0/s1. The Morgan fingerprint density at radius 1 is 1.17 bits per heavy atom. The summed E-state index contributed by atoms with van der Waals surface area (Å²) in [4.78, 5) is 16.6. The molecule has 0 aliphatic rings. The van der Waals surface area contributed by atoms with Crippen LogP contribution in [0.3, 0.4) is 0 Å². The minimum Gasteiger partial charge on any atom is -0.348 e. The first kappa shape index (κ1) is 17.5. The summed E-state index contributed by atoms with van der Waals surface area (Å²) in [5.74, 6) is 1.88. The zero-order chi connectivity index (χ0) is 16.5. The van der Waals surface area contributed by atoms with Gasteiger partial charge in [0.1, 0.15) is 0 Å². The van der Waals surface area contributed by atoms with E-state index < -0.39 is 0 Å². The minimum absolute atomic E-state index is 0.00141. The first-order valence-corrected chi connectivity index (χ1v) is 9.19. The van der Waals surface area contributed by atoms with Crippen LogP contribution in [-0.2, 0) is 10.5 Å². The second-order valence-electron chi connectivity index (χ2n) is 5.52. The molecule has 1 heterocycles. The second-order valence-corrected chi connectivity index (χ2v) is 6.63. The third kappa shape index (κ3) is 6.06. The highest BCUT2D eigenvalue weighted by Gasteiger charge is 2.13. The molecule has 1 atom stereocenters. The van der Waals surface area contributed by atoms with Crippen molar-refractivity contribution in [3.05, 3.63) is 65.5 Å². The lowest BCUT2D eigenvalue weighted by molar-refractivity contribution is -0.121. The molecule has 1 aromatic carbocycles. The highest BCUT2D eigenvalue weighted by molar-refractivity contribution is 7.98. The molecule has 1 aromatic heterocycles. The van der Waals surface area contributed by atoms with E-state index >= 15 is 0 Å². The summed E-state index contributed by atoms with van der Waals surface area (Å²) in [6.07, 6.45) is 1.39. The van der Waals surface area contributed by atoms with E-state index in [1.165, 1.54) is 5.56 Å². The fourth-order valence-electron chi connectivity index (χ4n) is 2.34. The number of carbonyl (C=O) groups is 1. The van der Waals surface area contributed by atoms with Crippen LogP contribution in [0.4, 0.5) is 0 Å². The molecular weight excluding hydrogens is 304 g/mol. The van der Waals surface area contributed by atoms with Gasteiger partial charge in [0.2, 0.25) is 5.91 Å². The van der Waals surface area contributed by atoms with E-state index in [9.17, 15) is 4.79 Å². The number of benzene rings is 1. The van der Waals surface area contributed by atoms with E-state index in [0.29, 0.717) is 6.42 Å². The van der Waals surface area contributed by atoms with Crippen LogP contribution in [0.25, 0.3) is 0 Å². The predicted molar refractivity (Wildman–Crippen MR) is 97.4 cm³/mol. The molecule has 0 saturated heterocycles. The maximum atomic E-state index is 12.1. The Morgan fingerprint density at radius 3 is 2.65 bits per heavy atom. The number of aryl methyl sites for hydroxylation is 1. The molecule has 0 aliphatic carbocycles. The van der Waals surface area contributed by atoms with E-state index in [1.807, 2.05) is 43.3 Å². The summed E-state index contributed by atoms with van der Waals surface area (Å²) >= 11 is 1.79. The lowest BCUT2D eigenvalue weighted by Gasteiger charge is -2.17. The molecule has 2 rings (SSSR count). The Bertz CT molecular complexity index is 616. The topological polar surface area (TPSA) is 42.0 Å². The van der Waals surface area contributed by atoms with Gasteiger partial charge in [-0.25, -0.2) is 0 Å². The molecule has 122 valence electrons. The molecule has 0 aliphatic heterocycles. The van der Waals surface area contributed by atoms with E-state index in [0.717, 1.165) is 29.3 Å². The number of pyridine rings is 1. The van der Waals surface area contributed by atoms with Crippen molar-refractivity contribution < 1.29 is 4.79 Å². The van der Waals surface area contributed by atoms with Crippen molar-refractivity contribution in [2.45, 2.75) is 38.5 Å². The van der Waals surface area contributed by atoms with Gasteiger partial charge in [0, 0.05) is 23.6 Å². The smallest absolute Gasteiger partial charge is 0.221 e. The molecule has 0 unspecified atom stereocenters. The maximum Gasteiger partial charge on any atom is 0.221 e. The van der Waals surface area contributed by atoms with Crippen LogP contribution < -0.4 is 5.32 Å². The van der Waals surface area contributed by atoms with Gasteiger partial charge in [-0.3, -0.25) is 9.78 Å². The highest BCUT2D eigenvalue weighted by Crippen LogP contribution is 2.16. The summed E-state index contributed by atoms with van der Waals surface area (Å²) in [6, 6.07) is 16.3. The van der Waals surface area contributed by atoms with E-state index in [1.54, 1.807) is 11.8 Å².